The summed E-state index contributed by atoms with van der Waals surface area (Å²) in [6.07, 6.45) is 3.13. The van der Waals surface area contributed by atoms with Gasteiger partial charge in [-0.2, -0.15) is 0 Å². The number of carbonyl (C=O) groups excluding carboxylic acids is 3. The summed E-state index contributed by atoms with van der Waals surface area (Å²) in [5, 5.41) is 17.9. The molecule has 0 aromatic rings. The van der Waals surface area contributed by atoms with Crippen LogP contribution >= 0.6 is 11.8 Å². The summed E-state index contributed by atoms with van der Waals surface area (Å²) in [6, 6.07) is -1.68. The maximum Gasteiger partial charge on any atom is 0.481 e. The highest BCUT2D eigenvalue weighted by Gasteiger charge is 2.68. The maximum atomic E-state index is 13.7. The number of nitrogens with one attached hydrogen (secondary N) is 4. The first-order valence-corrected chi connectivity index (χ1v) is 15.3. The molecule has 41 heavy (non-hydrogen) atoms. The number of hydrazine groups is 1. The molecule has 0 aromatic carbocycles. The van der Waals surface area contributed by atoms with Gasteiger partial charge < -0.3 is 31.0 Å². The number of carbonyl (C=O) groups is 3. The summed E-state index contributed by atoms with van der Waals surface area (Å²) >= 11 is 1.01. The van der Waals surface area contributed by atoms with Crippen LogP contribution < -0.4 is 27.1 Å². The van der Waals surface area contributed by atoms with Crippen LogP contribution in [0.5, 0.6) is 0 Å². The average molecular weight is 596 g/mol. The van der Waals surface area contributed by atoms with Gasteiger partial charge in [-0.05, 0) is 62.2 Å². The standard InChI is InChI=1S/C25H42BN7O7S/c1-13(2)9-19(26-39-18-11-14-10-17(24(14,3)4)25(18,5)40-26)31-20(34)15(7-6-8-28-22(27)32-33(37)38)29-21(35)16-12-41-23(36)30-16/h13-19H,6-12H2,1-5H3,(H,29,35)(H,30,36)(H,31,34)(H3,27,28,32)/t14-,15-,16+,17-,18+,19-,25-/m0/s1. The van der Waals surface area contributed by atoms with Crippen molar-refractivity contribution in [2.24, 2.45) is 33.9 Å². The summed E-state index contributed by atoms with van der Waals surface area (Å²) in [5.41, 5.74) is 7.01. The largest absolute Gasteiger partial charge is 0.481 e. The molecule has 0 radical (unpaired) electrons. The van der Waals surface area contributed by atoms with E-state index < -0.39 is 47.6 Å². The molecule has 0 unspecified atom stereocenters. The summed E-state index contributed by atoms with van der Waals surface area (Å²) in [5.74, 6) is -0.184. The lowest BCUT2D eigenvalue weighted by atomic mass is 9.43. The fourth-order valence-corrected chi connectivity index (χ4v) is 7.57. The minimum atomic E-state index is -0.939. The van der Waals surface area contributed by atoms with E-state index in [0.29, 0.717) is 24.7 Å². The van der Waals surface area contributed by atoms with E-state index >= 15 is 0 Å². The highest BCUT2D eigenvalue weighted by molar-refractivity contribution is 8.14. The van der Waals surface area contributed by atoms with Crippen LogP contribution in [0.2, 0.25) is 0 Å². The summed E-state index contributed by atoms with van der Waals surface area (Å²) < 4.78 is 13.1. The Morgan fingerprint density at radius 2 is 2.02 bits per heavy atom. The average Bonchev–Trinajstić information content (AvgIpc) is 3.47. The Morgan fingerprint density at radius 1 is 1.29 bits per heavy atom. The normalized spacial score (nSPS) is 31.5. The molecule has 0 aromatic heterocycles. The maximum absolute atomic E-state index is 13.7. The number of guanidine groups is 1. The molecule has 5 fully saturated rings. The molecule has 5 aliphatic rings. The van der Waals surface area contributed by atoms with Crippen LogP contribution in [0.4, 0.5) is 4.79 Å². The van der Waals surface area contributed by atoms with Gasteiger partial charge in [0.15, 0.2) is 5.03 Å². The first-order chi connectivity index (χ1) is 19.2. The fraction of sp³-hybridized carbons (Fsp3) is 0.840. The lowest BCUT2D eigenvalue weighted by Crippen LogP contribution is -2.65. The molecule has 3 aliphatic carbocycles. The molecule has 2 saturated heterocycles. The smallest absolute Gasteiger partial charge is 0.404 e. The fourth-order valence-electron chi connectivity index (χ4n) is 6.79. The molecular formula is C25H42BN7O7S. The van der Waals surface area contributed by atoms with E-state index in [1.54, 1.807) is 5.43 Å². The van der Waals surface area contributed by atoms with E-state index in [1.165, 1.54) is 0 Å². The number of hydrogen-bond acceptors (Lipinski definition) is 9. The van der Waals surface area contributed by atoms with Crippen molar-refractivity contribution < 1.29 is 28.7 Å². The van der Waals surface area contributed by atoms with Crippen LogP contribution in [0.1, 0.15) is 66.7 Å². The number of nitro groups is 1. The van der Waals surface area contributed by atoms with Crippen molar-refractivity contribution in [2.75, 3.05) is 12.3 Å². The van der Waals surface area contributed by atoms with Gasteiger partial charge in [0.25, 0.3) is 11.2 Å². The molecule has 7 atom stereocenters. The Morgan fingerprint density at radius 3 is 2.63 bits per heavy atom. The second kappa shape index (κ2) is 12.3. The first-order valence-electron chi connectivity index (χ1n) is 14.3. The SMILES string of the molecule is CC(C)C[C@H](NC(=O)[C@H](CCCN=C(N)N[N+](=O)[O-])NC(=O)[C@H]1CSC(=O)N1)B1O[C@@H]2C[C@@H]3C[C@@H](C3(C)C)[C@]2(C)O1. The minimum Gasteiger partial charge on any atom is -0.404 e. The quantitative estimate of drug-likeness (QED) is 0.0541. The number of nitrogens with two attached hydrogens (primary N) is 1. The van der Waals surface area contributed by atoms with E-state index in [0.717, 1.165) is 24.6 Å². The van der Waals surface area contributed by atoms with Crippen molar-refractivity contribution in [3.8, 4) is 0 Å². The second-order valence-electron chi connectivity index (χ2n) is 12.7. The third-order valence-corrected chi connectivity index (χ3v) is 9.99. The van der Waals surface area contributed by atoms with Crippen LogP contribution in [0.15, 0.2) is 4.99 Å². The molecule has 16 heteroatoms. The molecule has 0 spiro atoms. The predicted molar refractivity (Wildman–Crippen MR) is 154 cm³/mol. The van der Waals surface area contributed by atoms with E-state index in [2.05, 4.69) is 55.6 Å². The molecule has 3 amide bonds. The number of rotatable bonds is 12. The Hall–Kier alpha value is -2.59. The zero-order valence-electron chi connectivity index (χ0n) is 24.3. The lowest BCUT2D eigenvalue weighted by molar-refractivity contribution is -0.525. The van der Waals surface area contributed by atoms with Gasteiger partial charge in [0, 0.05) is 12.3 Å². The van der Waals surface area contributed by atoms with Gasteiger partial charge in [-0.3, -0.25) is 14.4 Å². The Balaban J connectivity index is 1.44. The second-order valence-corrected chi connectivity index (χ2v) is 13.7. The first kappa shape index (κ1) is 31.4. The van der Waals surface area contributed by atoms with Crippen molar-refractivity contribution in [3.05, 3.63) is 10.1 Å². The van der Waals surface area contributed by atoms with Crippen LogP contribution in [0, 0.1) is 33.3 Å². The molecule has 5 rings (SSSR count). The van der Waals surface area contributed by atoms with Crippen molar-refractivity contribution >= 4 is 41.9 Å². The Bertz CT molecular complexity index is 1080. The number of hydrogen-bond donors (Lipinski definition) is 5. The van der Waals surface area contributed by atoms with Crippen LogP contribution in [0.3, 0.4) is 0 Å². The molecule has 3 saturated carbocycles. The van der Waals surface area contributed by atoms with Gasteiger partial charge in [-0.15, -0.1) is 0 Å². The zero-order chi connectivity index (χ0) is 30.1. The molecule has 2 bridgehead atoms. The van der Waals surface area contributed by atoms with Gasteiger partial charge in [0.2, 0.25) is 11.8 Å². The van der Waals surface area contributed by atoms with Gasteiger partial charge in [-0.1, -0.05) is 44.9 Å². The summed E-state index contributed by atoms with van der Waals surface area (Å²) in [6.45, 7) is 10.9. The summed E-state index contributed by atoms with van der Waals surface area (Å²) in [7, 11) is -0.619. The third kappa shape index (κ3) is 6.91. The topological polar surface area (TPSA) is 199 Å². The molecule has 14 nitrogen and oxygen atoms in total. The Labute approximate surface area is 244 Å². The Kier molecular flexibility index (Phi) is 9.43. The van der Waals surface area contributed by atoms with E-state index in [1.807, 2.05) is 0 Å². The highest BCUT2D eigenvalue weighted by atomic mass is 32.2. The van der Waals surface area contributed by atoms with Gasteiger partial charge in [0.05, 0.1) is 17.6 Å². The number of aliphatic imine (C=N–C) groups is 1. The number of amides is 3. The van der Waals surface area contributed by atoms with Crippen molar-refractivity contribution in [1.82, 2.24) is 21.4 Å². The number of thioether (sulfide) groups is 1. The van der Waals surface area contributed by atoms with E-state index in [-0.39, 0.29) is 47.4 Å². The lowest BCUT2D eigenvalue weighted by Gasteiger charge is -2.64. The molecule has 2 aliphatic heterocycles. The van der Waals surface area contributed by atoms with E-state index in [4.69, 9.17) is 15.0 Å². The predicted octanol–water partition coefficient (Wildman–Crippen LogP) is 0.971. The summed E-state index contributed by atoms with van der Waals surface area (Å²) in [4.78, 5) is 52.6. The van der Waals surface area contributed by atoms with Crippen LogP contribution in [-0.2, 0) is 18.9 Å². The van der Waals surface area contributed by atoms with Crippen molar-refractivity contribution in [1.29, 1.82) is 0 Å². The van der Waals surface area contributed by atoms with Gasteiger partial charge >= 0.3 is 7.12 Å². The van der Waals surface area contributed by atoms with Crippen molar-refractivity contribution in [2.45, 2.75) is 96.5 Å². The van der Waals surface area contributed by atoms with Crippen LogP contribution in [-0.4, -0.2) is 77.2 Å². The van der Waals surface area contributed by atoms with Gasteiger partial charge in [0.1, 0.15) is 12.1 Å². The molecule has 2 heterocycles. The monoisotopic (exact) mass is 595 g/mol. The molecular weight excluding hydrogens is 553 g/mol. The van der Waals surface area contributed by atoms with E-state index in [9.17, 15) is 24.5 Å². The zero-order valence-corrected chi connectivity index (χ0v) is 25.1. The molecule has 228 valence electrons. The number of nitrogens with zero attached hydrogens (tertiary/aromatic N) is 2. The van der Waals surface area contributed by atoms with Gasteiger partial charge in [-0.25, -0.2) is 15.1 Å². The highest BCUT2D eigenvalue weighted by Crippen LogP contribution is 2.65. The molecule has 6 N–H and O–H groups in total. The van der Waals surface area contributed by atoms with Crippen LogP contribution in [0.25, 0.3) is 0 Å². The van der Waals surface area contributed by atoms with Crippen molar-refractivity contribution in [3.63, 3.8) is 0 Å². The third-order valence-electron chi connectivity index (χ3n) is 9.11. The minimum absolute atomic E-state index is 0.0362.